The highest BCUT2D eigenvalue weighted by Gasteiger charge is 2.21. The van der Waals surface area contributed by atoms with E-state index in [2.05, 4.69) is 74.5 Å². The summed E-state index contributed by atoms with van der Waals surface area (Å²) in [7, 11) is 0. The van der Waals surface area contributed by atoms with Gasteiger partial charge in [-0.3, -0.25) is 9.59 Å². The van der Waals surface area contributed by atoms with Gasteiger partial charge in [0, 0.05) is 54.4 Å². The average molecular weight is 717 g/mol. The molecule has 0 radical (unpaired) electrons. The Morgan fingerprint density at radius 2 is 0.714 bits per heavy atom. The molecule has 2 N–H and O–H groups in total. The first-order valence-electron chi connectivity index (χ1n) is 18.6. The molecule has 0 saturated heterocycles. The van der Waals surface area contributed by atoms with Crippen LogP contribution in [0.5, 0.6) is 0 Å². The standard InChI is InChI=1S/C30H14O2.C20H14N4/c31-29-19-7-3-1-5-17(19)23-13-15-9-12-22-28-24(18-6-2-4-8-20(18)30(22)32)14-16-10-11-21(29)27(23)25(16)26(15)28;1-2-14-10-16-5-6-18(23-16)12-20-8-7-19(24-20)11-17-4-3-15(22-17)9-13(1)21-14/h1-14H;1-12,21-22H. The number of H-pyrrole nitrogens is 2. The van der Waals surface area contributed by atoms with Gasteiger partial charge < -0.3 is 9.97 Å². The van der Waals surface area contributed by atoms with Crippen LogP contribution in [-0.2, 0) is 0 Å². The van der Waals surface area contributed by atoms with Crippen LogP contribution in [0.15, 0.2) is 143 Å². The van der Waals surface area contributed by atoms with Gasteiger partial charge in [-0.25, -0.2) is 9.97 Å². The minimum absolute atomic E-state index is 0.0694. The van der Waals surface area contributed by atoms with Crippen LogP contribution < -0.4 is 10.9 Å². The van der Waals surface area contributed by atoms with Crippen LogP contribution in [0.2, 0.25) is 0 Å². The fourth-order valence-corrected chi connectivity index (χ4v) is 8.90. The van der Waals surface area contributed by atoms with Crippen molar-refractivity contribution in [2.75, 3.05) is 0 Å². The molecule has 6 nitrogen and oxygen atoms in total. The van der Waals surface area contributed by atoms with Crippen molar-refractivity contribution in [3.63, 3.8) is 0 Å². The molecule has 3 aromatic heterocycles. The molecule has 11 aromatic rings. The summed E-state index contributed by atoms with van der Waals surface area (Å²) in [5.74, 6) is 0. The Hall–Kier alpha value is -7.70. The van der Waals surface area contributed by atoms with Crippen molar-refractivity contribution < 1.29 is 0 Å². The molecule has 0 spiro atoms. The van der Waals surface area contributed by atoms with Gasteiger partial charge in [-0.15, -0.1) is 0 Å². The van der Waals surface area contributed by atoms with Crippen LogP contribution in [0.3, 0.4) is 0 Å². The highest BCUT2D eigenvalue weighted by atomic mass is 16.1. The molecule has 0 unspecified atom stereocenters. The lowest BCUT2D eigenvalue weighted by atomic mass is 9.84. The fraction of sp³-hybridized carbons (Fsp3) is 0. The van der Waals surface area contributed by atoms with Gasteiger partial charge in [-0.05, 0) is 140 Å². The third-order valence-corrected chi connectivity index (χ3v) is 11.3. The molecular weight excluding hydrogens is 689 g/mol. The highest BCUT2D eigenvalue weighted by molar-refractivity contribution is 6.40. The first kappa shape index (κ1) is 30.7. The zero-order valence-electron chi connectivity index (χ0n) is 29.7. The Morgan fingerprint density at radius 1 is 0.321 bits per heavy atom. The molecule has 8 aromatic carbocycles. The van der Waals surface area contributed by atoms with E-state index in [0.717, 1.165) is 120 Å². The van der Waals surface area contributed by atoms with Crippen LogP contribution >= 0.6 is 0 Å². The first-order chi connectivity index (χ1) is 27.5. The van der Waals surface area contributed by atoms with E-state index in [1.807, 2.05) is 103 Å². The summed E-state index contributed by atoms with van der Waals surface area (Å²) < 4.78 is 0. The van der Waals surface area contributed by atoms with E-state index in [9.17, 15) is 9.59 Å². The molecular formula is C50H28N4O2. The van der Waals surface area contributed by atoms with Crippen LogP contribution in [0.1, 0.15) is 22.8 Å². The predicted octanol–water partition coefficient (Wildman–Crippen LogP) is 11.4. The van der Waals surface area contributed by atoms with Gasteiger partial charge in [-0.2, -0.15) is 0 Å². The lowest BCUT2D eigenvalue weighted by Crippen LogP contribution is -2.06. The largest absolute Gasteiger partial charge is 0.355 e. The van der Waals surface area contributed by atoms with Gasteiger partial charge in [-0.1, -0.05) is 60.7 Å². The van der Waals surface area contributed by atoms with E-state index in [1.165, 1.54) is 0 Å². The van der Waals surface area contributed by atoms with Crippen molar-refractivity contribution in [1.29, 1.82) is 0 Å². The van der Waals surface area contributed by atoms with Gasteiger partial charge in [0.25, 0.3) is 0 Å². The number of benzene rings is 8. The van der Waals surface area contributed by atoms with Gasteiger partial charge in [0.1, 0.15) is 0 Å². The third-order valence-electron chi connectivity index (χ3n) is 11.3. The molecule has 260 valence electrons. The van der Waals surface area contributed by atoms with Gasteiger partial charge in [0.2, 0.25) is 0 Å². The smallest absolute Gasteiger partial charge is 0.194 e. The molecule has 0 fully saturated rings. The topological polar surface area (TPSA) is 91.5 Å². The minimum Gasteiger partial charge on any atom is -0.355 e. The second kappa shape index (κ2) is 11.4. The van der Waals surface area contributed by atoms with Crippen molar-refractivity contribution in [2.45, 2.75) is 0 Å². The number of hydrogen-bond donors (Lipinski definition) is 2. The summed E-state index contributed by atoms with van der Waals surface area (Å²) in [6.07, 6.45) is 8.05. The zero-order chi connectivity index (χ0) is 37.1. The van der Waals surface area contributed by atoms with Gasteiger partial charge in [0.05, 0.1) is 22.8 Å². The van der Waals surface area contributed by atoms with Gasteiger partial charge in [0.15, 0.2) is 10.9 Å². The number of hydrogen-bond acceptors (Lipinski definition) is 4. The monoisotopic (exact) mass is 716 g/mol. The molecule has 6 heteroatoms. The normalized spacial score (nSPS) is 12.6. The number of nitrogens with zero attached hydrogens (tertiary/aromatic N) is 2. The Labute approximate surface area is 317 Å². The van der Waals surface area contributed by atoms with E-state index < -0.39 is 0 Å². The Morgan fingerprint density at radius 3 is 1.16 bits per heavy atom. The number of fused-ring (bicyclic) bond motifs is 12. The molecule has 0 amide bonds. The maximum atomic E-state index is 13.4. The molecule has 0 aliphatic carbocycles. The second-order valence-corrected chi connectivity index (χ2v) is 14.7. The van der Waals surface area contributed by atoms with Crippen molar-refractivity contribution in [2.24, 2.45) is 0 Å². The lowest BCUT2D eigenvalue weighted by Gasteiger charge is -2.18. The summed E-state index contributed by atoms with van der Waals surface area (Å²) in [5, 5.41) is 13.6. The molecule has 8 bridgehead atoms. The SMILES string of the molecule is C1=Cc2cc3ccc(cc4ccc(cc5nc(cc1n2)C=C5)[nH]4)[nH]3.O=c1c2ccccc2c2cc3ccc4c(=O)c5ccccc5c5cc6ccc1c2c6c3c45. The van der Waals surface area contributed by atoms with Crippen molar-refractivity contribution in [1.82, 2.24) is 19.9 Å². The third kappa shape index (κ3) is 4.56. The van der Waals surface area contributed by atoms with Crippen LogP contribution in [0.25, 0.3) is 122 Å². The second-order valence-electron chi connectivity index (χ2n) is 14.7. The maximum Gasteiger partial charge on any atom is 0.194 e. The van der Waals surface area contributed by atoms with E-state index in [0.29, 0.717) is 0 Å². The Kier molecular flexibility index (Phi) is 6.26. The Balaban J connectivity index is 0.000000129. The lowest BCUT2D eigenvalue weighted by molar-refractivity contribution is 1.28. The van der Waals surface area contributed by atoms with Gasteiger partial charge >= 0.3 is 0 Å². The van der Waals surface area contributed by atoms with E-state index in [4.69, 9.17) is 0 Å². The first-order valence-corrected chi connectivity index (χ1v) is 18.6. The quantitative estimate of drug-likeness (QED) is 0.121. The summed E-state index contributed by atoms with van der Waals surface area (Å²) in [6.45, 7) is 0. The van der Waals surface area contributed by atoms with Crippen LogP contribution in [0, 0.1) is 0 Å². The van der Waals surface area contributed by atoms with E-state index in [1.54, 1.807) is 0 Å². The van der Waals surface area contributed by atoms with Crippen LogP contribution in [0.4, 0.5) is 0 Å². The minimum atomic E-state index is 0.0694. The number of nitrogens with one attached hydrogen (secondary N) is 2. The number of aromatic amines is 2. The summed E-state index contributed by atoms with van der Waals surface area (Å²) >= 11 is 0. The molecule has 5 heterocycles. The predicted molar refractivity (Wildman–Crippen MR) is 234 cm³/mol. The highest BCUT2D eigenvalue weighted by Crippen LogP contribution is 2.45. The summed E-state index contributed by atoms with van der Waals surface area (Å²) in [5.41, 5.74) is 8.00. The zero-order valence-corrected chi connectivity index (χ0v) is 29.7. The maximum absolute atomic E-state index is 13.4. The van der Waals surface area contributed by atoms with Crippen molar-refractivity contribution in [3.05, 3.63) is 177 Å². The van der Waals surface area contributed by atoms with E-state index >= 15 is 0 Å². The molecule has 13 rings (SSSR count). The van der Waals surface area contributed by atoms with Crippen LogP contribution in [-0.4, -0.2) is 19.9 Å². The average Bonchev–Trinajstić information content (AvgIpc) is 4.06. The Bertz CT molecular complexity index is 3570. The number of aromatic nitrogens is 4. The molecule has 56 heavy (non-hydrogen) atoms. The van der Waals surface area contributed by atoms with Crippen molar-refractivity contribution >= 4 is 122 Å². The molecule has 2 aliphatic heterocycles. The summed E-state index contributed by atoms with van der Waals surface area (Å²) in [4.78, 5) is 42.8. The molecule has 0 atom stereocenters. The fourth-order valence-electron chi connectivity index (χ4n) is 8.90. The number of rotatable bonds is 0. The molecule has 2 aliphatic rings. The van der Waals surface area contributed by atoms with Crippen molar-refractivity contribution in [3.8, 4) is 0 Å². The molecule has 0 saturated carbocycles. The van der Waals surface area contributed by atoms with E-state index in [-0.39, 0.29) is 10.9 Å². The summed E-state index contributed by atoms with van der Waals surface area (Å²) in [6, 6.07) is 44.6.